The van der Waals surface area contributed by atoms with Gasteiger partial charge in [-0.1, -0.05) is 29.5 Å². The average Bonchev–Trinajstić information content (AvgIpc) is 2.75. The normalized spacial score (nSPS) is 10.1. The molecule has 0 unspecified atom stereocenters. The third-order valence-electron chi connectivity index (χ3n) is 2.23. The molecule has 3 N–H and O–H groups in total. The summed E-state index contributed by atoms with van der Waals surface area (Å²) in [5.74, 6) is 0.500. The molecule has 1 amide bonds. The molecular weight excluding hydrogens is 252 g/mol. The number of amides is 1. The van der Waals surface area contributed by atoms with Crippen molar-refractivity contribution in [2.24, 2.45) is 0 Å². The zero-order valence-corrected chi connectivity index (χ0v) is 10.5. The predicted molar refractivity (Wildman–Crippen MR) is 69.6 cm³/mol. The molecule has 1 aromatic carbocycles. The Kier molecular flexibility index (Phi) is 3.73. The van der Waals surface area contributed by atoms with Crippen molar-refractivity contribution in [2.75, 3.05) is 18.2 Å². The van der Waals surface area contributed by atoms with Crippen LogP contribution in [0.25, 0.3) is 0 Å². The number of rotatable bonds is 4. The Labute approximate surface area is 108 Å². The summed E-state index contributed by atoms with van der Waals surface area (Å²) in [6, 6.07) is 7.36. The van der Waals surface area contributed by atoms with Gasteiger partial charge in [0.05, 0.1) is 13.5 Å². The van der Waals surface area contributed by atoms with Crippen molar-refractivity contribution in [2.45, 2.75) is 6.42 Å². The molecule has 0 aliphatic carbocycles. The molecule has 0 spiro atoms. The summed E-state index contributed by atoms with van der Waals surface area (Å²) >= 11 is 1.13. The number of hydrogen-bond acceptors (Lipinski definition) is 6. The van der Waals surface area contributed by atoms with Crippen molar-refractivity contribution >= 4 is 27.5 Å². The van der Waals surface area contributed by atoms with E-state index in [0.717, 1.165) is 16.9 Å². The second-order valence-corrected chi connectivity index (χ2v) is 4.49. The molecule has 0 saturated heterocycles. The van der Waals surface area contributed by atoms with E-state index >= 15 is 0 Å². The highest BCUT2D eigenvalue weighted by Gasteiger charge is 2.10. The Bertz CT molecular complexity index is 555. The maximum absolute atomic E-state index is 11.8. The molecule has 2 aromatic rings. The molecule has 0 fully saturated rings. The maximum Gasteiger partial charge on any atom is 0.230 e. The Morgan fingerprint density at radius 1 is 1.44 bits per heavy atom. The molecule has 0 saturated carbocycles. The summed E-state index contributed by atoms with van der Waals surface area (Å²) in [7, 11) is 1.57. The molecule has 7 heteroatoms. The lowest BCUT2D eigenvalue weighted by atomic mass is 10.1. The monoisotopic (exact) mass is 264 g/mol. The molecule has 2 rings (SSSR count). The minimum Gasteiger partial charge on any atom is -0.496 e. The molecule has 6 nitrogen and oxygen atoms in total. The zero-order valence-electron chi connectivity index (χ0n) is 9.71. The lowest BCUT2D eigenvalue weighted by molar-refractivity contribution is -0.115. The minimum absolute atomic E-state index is 0.185. The zero-order chi connectivity index (χ0) is 13.0. The standard InChI is InChI=1S/C11H12N4O2S/c1-17-8-5-3-2-4-7(8)6-9(16)13-11-15-14-10(12)18-11/h2-5H,6H2,1H3,(H2,12,14)(H,13,15,16). The highest BCUT2D eigenvalue weighted by molar-refractivity contribution is 7.18. The van der Waals surface area contributed by atoms with Crippen LogP contribution in [0.1, 0.15) is 5.56 Å². The fraction of sp³-hybridized carbons (Fsp3) is 0.182. The first-order valence-electron chi connectivity index (χ1n) is 5.20. The van der Waals surface area contributed by atoms with Gasteiger partial charge in [0.25, 0.3) is 0 Å². The van der Waals surface area contributed by atoms with E-state index in [-0.39, 0.29) is 12.3 Å². The number of anilines is 2. The Morgan fingerprint density at radius 2 is 2.22 bits per heavy atom. The number of methoxy groups -OCH3 is 1. The molecular formula is C11H12N4O2S. The molecule has 0 aliphatic rings. The number of hydrogen-bond donors (Lipinski definition) is 2. The van der Waals surface area contributed by atoms with E-state index in [2.05, 4.69) is 15.5 Å². The summed E-state index contributed by atoms with van der Waals surface area (Å²) in [6.07, 6.45) is 0.212. The SMILES string of the molecule is COc1ccccc1CC(=O)Nc1nnc(N)s1. The van der Waals surface area contributed by atoms with Crippen molar-refractivity contribution in [1.29, 1.82) is 0 Å². The van der Waals surface area contributed by atoms with Gasteiger partial charge in [0, 0.05) is 5.56 Å². The van der Waals surface area contributed by atoms with Gasteiger partial charge in [-0.05, 0) is 6.07 Å². The Morgan fingerprint density at radius 3 is 2.89 bits per heavy atom. The van der Waals surface area contributed by atoms with Crippen LogP contribution < -0.4 is 15.8 Å². The van der Waals surface area contributed by atoms with Crippen LogP contribution in [0.2, 0.25) is 0 Å². The van der Waals surface area contributed by atoms with E-state index in [1.807, 2.05) is 24.3 Å². The Hall–Kier alpha value is -2.15. The minimum atomic E-state index is -0.185. The fourth-order valence-electron chi connectivity index (χ4n) is 1.47. The number of nitrogens with zero attached hydrogens (tertiary/aromatic N) is 2. The van der Waals surface area contributed by atoms with Crippen molar-refractivity contribution in [1.82, 2.24) is 10.2 Å². The summed E-state index contributed by atoms with van der Waals surface area (Å²) < 4.78 is 5.18. The molecule has 1 aromatic heterocycles. The Balaban J connectivity index is 2.03. The van der Waals surface area contributed by atoms with E-state index in [1.165, 1.54) is 0 Å². The second kappa shape index (κ2) is 5.46. The molecule has 0 radical (unpaired) electrons. The largest absolute Gasteiger partial charge is 0.496 e. The van der Waals surface area contributed by atoms with E-state index in [4.69, 9.17) is 10.5 Å². The summed E-state index contributed by atoms with van der Waals surface area (Å²) in [6.45, 7) is 0. The predicted octanol–water partition coefficient (Wildman–Crippen LogP) is 1.31. The van der Waals surface area contributed by atoms with Gasteiger partial charge in [-0.25, -0.2) is 0 Å². The van der Waals surface area contributed by atoms with Crippen molar-refractivity contribution < 1.29 is 9.53 Å². The highest BCUT2D eigenvalue weighted by atomic mass is 32.1. The number of carbonyl (C=O) groups excluding carboxylic acids is 1. The van der Waals surface area contributed by atoms with Gasteiger partial charge in [-0.15, -0.1) is 10.2 Å². The van der Waals surface area contributed by atoms with Gasteiger partial charge in [0.2, 0.25) is 16.2 Å². The van der Waals surface area contributed by atoms with Crippen LogP contribution >= 0.6 is 11.3 Å². The summed E-state index contributed by atoms with van der Waals surface area (Å²) in [4.78, 5) is 11.8. The maximum atomic E-state index is 11.8. The lowest BCUT2D eigenvalue weighted by Gasteiger charge is -2.07. The topological polar surface area (TPSA) is 90.1 Å². The van der Waals surface area contributed by atoms with E-state index < -0.39 is 0 Å². The van der Waals surface area contributed by atoms with Gasteiger partial charge >= 0.3 is 0 Å². The van der Waals surface area contributed by atoms with Gasteiger partial charge in [-0.2, -0.15) is 0 Å². The van der Waals surface area contributed by atoms with Crippen molar-refractivity contribution in [3.63, 3.8) is 0 Å². The van der Waals surface area contributed by atoms with E-state index in [1.54, 1.807) is 7.11 Å². The molecule has 94 valence electrons. The molecule has 0 bridgehead atoms. The number of benzene rings is 1. The fourth-order valence-corrected chi connectivity index (χ4v) is 2.00. The van der Waals surface area contributed by atoms with Crippen LogP contribution in [0.5, 0.6) is 5.75 Å². The van der Waals surface area contributed by atoms with Crippen LogP contribution in [-0.2, 0) is 11.2 Å². The lowest BCUT2D eigenvalue weighted by Crippen LogP contribution is -2.14. The first-order chi connectivity index (χ1) is 8.69. The number of nitrogens with two attached hydrogens (primary N) is 1. The van der Waals surface area contributed by atoms with Crippen LogP contribution in [-0.4, -0.2) is 23.2 Å². The summed E-state index contributed by atoms with van der Waals surface area (Å²) in [5, 5.41) is 10.7. The van der Waals surface area contributed by atoms with Gasteiger partial charge in [0.1, 0.15) is 5.75 Å². The quantitative estimate of drug-likeness (QED) is 0.869. The van der Waals surface area contributed by atoms with Gasteiger partial charge in [0.15, 0.2) is 0 Å². The van der Waals surface area contributed by atoms with Gasteiger partial charge < -0.3 is 15.8 Å². The number of aromatic nitrogens is 2. The molecule has 1 heterocycles. The van der Waals surface area contributed by atoms with Crippen molar-refractivity contribution in [3.05, 3.63) is 29.8 Å². The van der Waals surface area contributed by atoms with Gasteiger partial charge in [-0.3, -0.25) is 4.79 Å². The second-order valence-electron chi connectivity index (χ2n) is 3.48. The molecule has 18 heavy (non-hydrogen) atoms. The third kappa shape index (κ3) is 2.95. The van der Waals surface area contributed by atoms with E-state index in [0.29, 0.717) is 16.0 Å². The highest BCUT2D eigenvalue weighted by Crippen LogP contribution is 2.20. The van der Waals surface area contributed by atoms with E-state index in [9.17, 15) is 4.79 Å². The number of nitrogen functional groups attached to an aromatic ring is 1. The van der Waals surface area contributed by atoms with Crippen molar-refractivity contribution in [3.8, 4) is 5.75 Å². The van der Waals surface area contributed by atoms with Crippen LogP contribution in [0.3, 0.4) is 0 Å². The molecule has 0 atom stereocenters. The number of nitrogens with one attached hydrogen (secondary N) is 1. The number of para-hydroxylation sites is 1. The summed E-state index contributed by atoms with van der Waals surface area (Å²) in [5.41, 5.74) is 6.24. The van der Waals surface area contributed by atoms with Crippen LogP contribution in [0.15, 0.2) is 24.3 Å². The number of ether oxygens (including phenoxy) is 1. The van der Waals surface area contributed by atoms with Crippen LogP contribution in [0, 0.1) is 0 Å². The average molecular weight is 264 g/mol. The van der Waals surface area contributed by atoms with Crippen LogP contribution in [0.4, 0.5) is 10.3 Å². The third-order valence-corrected chi connectivity index (χ3v) is 2.90. The smallest absolute Gasteiger partial charge is 0.230 e. The first kappa shape index (κ1) is 12.3. The molecule has 0 aliphatic heterocycles. The number of carbonyl (C=O) groups is 1. The first-order valence-corrected chi connectivity index (χ1v) is 6.01.